The third-order valence-corrected chi connectivity index (χ3v) is 12.2. The van der Waals surface area contributed by atoms with Crippen LogP contribution in [0.2, 0.25) is 10.0 Å². The summed E-state index contributed by atoms with van der Waals surface area (Å²) in [5.74, 6) is 0.345. The van der Waals surface area contributed by atoms with Gasteiger partial charge in [-0.1, -0.05) is 45.8 Å². The fourth-order valence-electron chi connectivity index (χ4n) is 6.32. The summed E-state index contributed by atoms with van der Waals surface area (Å²) in [7, 11) is -3.96. The minimum absolute atomic E-state index is 0.0477. The monoisotopic (exact) mass is 691 g/mol. The molecule has 238 valence electrons. The fraction of sp³-hybridized carbons (Fsp3) is 0.452. The molecule has 0 atom stereocenters. The van der Waals surface area contributed by atoms with Crippen LogP contribution in [0.3, 0.4) is 0 Å². The molecule has 1 aliphatic carbocycles. The smallest absolute Gasteiger partial charge is 0.304 e. The lowest BCUT2D eigenvalue weighted by Crippen LogP contribution is -2.42. The molecule has 9 nitrogen and oxygen atoms in total. The van der Waals surface area contributed by atoms with Crippen LogP contribution in [-0.2, 0) is 16.6 Å². The number of piperidine rings is 1. The zero-order valence-electron chi connectivity index (χ0n) is 24.4. The van der Waals surface area contributed by atoms with Gasteiger partial charge in [-0.15, -0.1) is 0 Å². The van der Waals surface area contributed by atoms with Crippen molar-refractivity contribution in [2.45, 2.75) is 57.3 Å². The zero-order chi connectivity index (χ0) is 31.3. The maximum Gasteiger partial charge on any atom is 0.304 e. The van der Waals surface area contributed by atoms with Crippen molar-refractivity contribution in [2.24, 2.45) is 5.92 Å². The van der Waals surface area contributed by atoms with Crippen molar-refractivity contribution in [3.05, 3.63) is 63.1 Å². The highest BCUT2D eigenvalue weighted by atomic mass is 35.5. The Morgan fingerprint density at radius 2 is 1.78 bits per heavy atom. The molecule has 14 heteroatoms. The maximum atomic E-state index is 15.1. The highest BCUT2D eigenvalue weighted by molar-refractivity contribution is 7.87. The molecule has 7 rings (SSSR count). The summed E-state index contributed by atoms with van der Waals surface area (Å²) in [5.41, 5.74) is 2.70. The van der Waals surface area contributed by atoms with Gasteiger partial charge in [-0.25, -0.2) is 14.1 Å². The van der Waals surface area contributed by atoms with Gasteiger partial charge in [-0.05, 0) is 81.5 Å². The Balaban J connectivity index is 1.01. The molecule has 2 saturated heterocycles. The van der Waals surface area contributed by atoms with Gasteiger partial charge in [0.2, 0.25) is 0 Å². The van der Waals surface area contributed by atoms with Crippen molar-refractivity contribution in [2.75, 3.05) is 31.1 Å². The summed E-state index contributed by atoms with van der Waals surface area (Å²) in [5, 5.41) is 6.22. The SMILES string of the molecule is O=C(NS(=O)(=O)N1CCCC1)c1cc(F)c2nc(N3CCC(CCc4c(-c5c(Cl)cccc5Cl)noc4C4CC4)CC3)sc2c1. The van der Waals surface area contributed by atoms with Gasteiger partial charge in [0.05, 0.1) is 14.7 Å². The number of hydrogen-bond donors (Lipinski definition) is 1. The fourth-order valence-corrected chi connectivity index (χ4v) is 9.19. The molecule has 0 unspecified atom stereocenters. The van der Waals surface area contributed by atoms with E-state index in [9.17, 15) is 13.2 Å². The largest absolute Gasteiger partial charge is 0.360 e. The maximum absolute atomic E-state index is 15.1. The lowest BCUT2D eigenvalue weighted by molar-refractivity contribution is 0.0979. The molecule has 2 aromatic carbocycles. The predicted molar refractivity (Wildman–Crippen MR) is 174 cm³/mol. The van der Waals surface area contributed by atoms with Crippen molar-refractivity contribution < 1.29 is 22.1 Å². The molecular formula is C31H32Cl2FN5O4S2. The Labute approximate surface area is 274 Å². The van der Waals surface area contributed by atoms with Crippen molar-refractivity contribution in [3.63, 3.8) is 0 Å². The Bertz CT molecular complexity index is 1840. The Kier molecular flexibility index (Phi) is 8.53. The number of thiazole rings is 1. The van der Waals surface area contributed by atoms with Crippen LogP contribution in [0.1, 0.15) is 72.5 Å². The van der Waals surface area contributed by atoms with E-state index in [1.54, 1.807) is 0 Å². The average molecular weight is 693 g/mol. The number of aromatic nitrogens is 2. The number of nitrogens with one attached hydrogen (secondary N) is 1. The van der Waals surface area contributed by atoms with Gasteiger partial charge in [0.25, 0.3) is 5.91 Å². The summed E-state index contributed by atoms with van der Waals surface area (Å²) in [6.07, 6.45) is 7.39. The van der Waals surface area contributed by atoms with Gasteiger partial charge in [0.1, 0.15) is 17.0 Å². The second-order valence-corrected chi connectivity index (χ2v) is 15.6. The van der Waals surface area contributed by atoms with E-state index in [0.717, 1.165) is 93.1 Å². The summed E-state index contributed by atoms with van der Waals surface area (Å²) in [6, 6.07) is 8.02. The summed E-state index contributed by atoms with van der Waals surface area (Å²) < 4.78 is 49.8. The Morgan fingerprint density at radius 3 is 2.47 bits per heavy atom. The van der Waals surface area contributed by atoms with Crippen LogP contribution in [0.5, 0.6) is 0 Å². The third-order valence-electron chi connectivity index (χ3n) is 8.98. The van der Waals surface area contributed by atoms with E-state index >= 15 is 4.39 Å². The lowest BCUT2D eigenvalue weighted by atomic mass is 9.89. The van der Waals surface area contributed by atoms with E-state index in [1.165, 1.54) is 21.7 Å². The van der Waals surface area contributed by atoms with Crippen molar-refractivity contribution in [3.8, 4) is 11.3 Å². The van der Waals surface area contributed by atoms with E-state index in [1.807, 2.05) is 18.2 Å². The van der Waals surface area contributed by atoms with Crippen molar-refractivity contribution in [1.82, 2.24) is 19.2 Å². The molecule has 3 aliphatic rings. The highest BCUT2D eigenvalue weighted by Gasteiger charge is 2.34. The number of halogens is 3. The topological polar surface area (TPSA) is 109 Å². The molecule has 3 fully saturated rings. The number of hydrogen-bond acceptors (Lipinski definition) is 8. The number of benzene rings is 2. The summed E-state index contributed by atoms with van der Waals surface area (Å²) in [4.78, 5) is 19.5. The quantitative estimate of drug-likeness (QED) is 0.198. The number of nitrogens with zero attached hydrogens (tertiary/aromatic N) is 4. The van der Waals surface area contributed by atoms with Crippen LogP contribution in [-0.4, -0.2) is 54.9 Å². The average Bonchev–Trinajstić information content (AvgIpc) is 3.37. The van der Waals surface area contributed by atoms with Gasteiger partial charge in [-0.3, -0.25) is 4.79 Å². The van der Waals surface area contributed by atoms with E-state index in [0.29, 0.717) is 44.8 Å². The first-order valence-corrected chi connectivity index (χ1v) is 18.3. The van der Waals surface area contributed by atoms with Gasteiger partial charge in [-0.2, -0.15) is 12.7 Å². The molecule has 1 amide bonds. The molecule has 0 bridgehead atoms. The third kappa shape index (κ3) is 6.32. The second kappa shape index (κ2) is 12.4. The number of fused-ring (bicyclic) bond motifs is 1. The number of amides is 1. The molecule has 4 heterocycles. The molecule has 4 aromatic rings. The van der Waals surface area contributed by atoms with Crippen LogP contribution in [0.15, 0.2) is 34.9 Å². The molecule has 2 aliphatic heterocycles. The van der Waals surface area contributed by atoms with Crippen molar-refractivity contribution in [1.29, 1.82) is 0 Å². The van der Waals surface area contributed by atoms with E-state index in [4.69, 9.17) is 27.7 Å². The molecule has 45 heavy (non-hydrogen) atoms. The predicted octanol–water partition coefficient (Wildman–Crippen LogP) is 7.19. The van der Waals surface area contributed by atoms with Gasteiger partial charge < -0.3 is 9.42 Å². The van der Waals surface area contributed by atoms with Gasteiger partial charge in [0, 0.05) is 48.8 Å². The molecule has 0 radical (unpaired) electrons. The first-order chi connectivity index (χ1) is 21.7. The van der Waals surface area contributed by atoms with E-state index in [-0.39, 0.29) is 11.1 Å². The van der Waals surface area contributed by atoms with E-state index in [2.05, 4.69) is 19.8 Å². The van der Waals surface area contributed by atoms with Crippen LogP contribution in [0, 0.1) is 11.7 Å². The first kappa shape index (κ1) is 30.9. The lowest BCUT2D eigenvalue weighted by Gasteiger charge is -2.31. The van der Waals surface area contributed by atoms with Crippen LogP contribution < -0.4 is 9.62 Å². The van der Waals surface area contributed by atoms with Crippen LogP contribution >= 0.6 is 34.5 Å². The second-order valence-electron chi connectivity index (χ2n) is 12.1. The minimum Gasteiger partial charge on any atom is -0.360 e. The number of carbonyl (C=O) groups is 1. The number of anilines is 1. The summed E-state index contributed by atoms with van der Waals surface area (Å²) in [6.45, 7) is 2.28. The summed E-state index contributed by atoms with van der Waals surface area (Å²) >= 11 is 14.4. The number of carbonyl (C=O) groups excluding carboxylic acids is 1. The molecule has 1 saturated carbocycles. The minimum atomic E-state index is -3.96. The van der Waals surface area contributed by atoms with Crippen LogP contribution in [0.25, 0.3) is 21.5 Å². The van der Waals surface area contributed by atoms with E-state index < -0.39 is 21.9 Å². The molecule has 0 spiro atoms. The molecular weight excluding hydrogens is 660 g/mol. The zero-order valence-corrected chi connectivity index (χ0v) is 27.5. The highest BCUT2D eigenvalue weighted by Crippen LogP contribution is 2.46. The number of rotatable bonds is 9. The molecule has 1 N–H and O–H groups in total. The Morgan fingerprint density at radius 1 is 1.07 bits per heavy atom. The van der Waals surface area contributed by atoms with Gasteiger partial charge in [0.15, 0.2) is 10.9 Å². The Hall–Kier alpha value is -2.77. The normalized spacial score (nSPS) is 18.2. The van der Waals surface area contributed by atoms with Gasteiger partial charge >= 0.3 is 10.2 Å². The standard InChI is InChI=1S/C31H32Cl2FN5O4S2/c32-22-4-3-5-23(33)26(22)27-21(29(43-36-27)19-7-8-19)9-6-18-10-14-38(15-11-18)31-35-28-24(34)16-20(17-25(28)44-31)30(40)37-45(41,42)39-12-1-2-13-39/h3-5,16-19H,1-2,6-15H2,(H,37,40). The van der Waals surface area contributed by atoms with Crippen molar-refractivity contribution >= 4 is 66.0 Å². The molecule has 2 aromatic heterocycles. The van der Waals surface area contributed by atoms with Crippen LogP contribution in [0.4, 0.5) is 9.52 Å². The first-order valence-electron chi connectivity index (χ1n) is 15.3.